The lowest BCUT2D eigenvalue weighted by atomic mass is 9.97. The Hall–Kier alpha value is -5.61. The predicted molar refractivity (Wildman–Crippen MR) is 257 cm³/mol. The molecule has 6 aromatic carbocycles. The Bertz CT molecular complexity index is 2350. The average molecular weight is 939 g/mol. The third-order valence-electron chi connectivity index (χ3n) is 12.0. The SMILES string of the molecule is CO[C@H]1O[C@H](CO[C@@H]2O[C@H](COC(C)=O)[C@H](OCc3ccccc3)[C@H](OCc3ccccc3)[C@H]2OCc2ccccc2)[C@@H](OCc2ccccc2)[C@H](OCc2ccccc2)[C@H]1OCc1ccccc1. The Balaban J connectivity index is 1.13. The van der Waals surface area contributed by atoms with Gasteiger partial charge in [0, 0.05) is 14.0 Å². The lowest BCUT2D eigenvalue weighted by molar-refractivity contribution is -0.350. The first-order valence-electron chi connectivity index (χ1n) is 23.5. The van der Waals surface area contributed by atoms with E-state index in [1.807, 2.05) is 182 Å². The first kappa shape index (κ1) is 49.8. The first-order chi connectivity index (χ1) is 34.0. The molecule has 2 aliphatic rings. The smallest absolute Gasteiger partial charge is 0.302 e. The highest BCUT2D eigenvalue weighted by atomic mass is 16.8. The van der Waals surface area contributed by atoms with Crippen molar-refractivity contribution in [1.82, 2.24) is 0 Å². The molecule has 2 saturated heterocycles. The van der Waals surface area contributed by atoms with Crippen molar-refractivity contribution in [3.63, 3.8) is 0 Å². The maximum atomic E-state index is 12.4. The standard InChI is InChI=1S/C57H62O12/c1-41(58)60-39-48-50(61-33-42-21-9-3-10-22-42)53(64-36-45-27-15-6-16-28-45)55(66-38-47-31-19-8-20-32-47)57(69-48)67-40-49-51(62-34-43-23-11-4-12-24-43)52(63-35-44-25-13-5-14-26-44)54(56(59-2)68-49)65-37-46-29-17-7-18-30-46/h3-32,48-57H,33-40H2,1-2H3/t48-,49-,50+,51-,52+,53+,54-,55-,56+,57-/m1/s1. The van der Waals surface area contributed by atoms with Gasteiger partial charge in [0.05, 0.1) is 46.2 Å². The van der Waals surface area contributed by atoms with Crippen molar-refractivity contribution < 1.29 is 56.9 Å². The van der Waals surface area contributed by atoms with Crippen molar-refractivity contribution in [3.8, 4) is 0 Å². The highest BCUT2D eigenvalue weighted by Gasteiger charge is 2.52. The molecule has 2 fully saturated rings. The van der Waals surface area contributed by atoms with Crippen LogP contribution in [0.1, 0.15) is 40.3 Å². The van der Waals surface area contributed by atoms with E-state index >= 15 is 0 Å². The summed E-state index contributed by atoms with van der Waals surface area (Å²) in [6.45, 7) is 2.66. The fraction of sp³-hybridized carbons (Fsp3) is 0.351. The molecule has 6 aromatic rings. The van der Waals surface area contributed by atoms with E-state index in [2.05, 4.69) is 0 Å². The topological polar surface area (TPSA) is 119 Å². The van der Waals surface area contributed by atoms with Crippen molar-refractivity contribution in [2.45, 2.75) is 108 Å². The molecule has 2 heterocycles. The Morgan fingerprint density at radius 2 is 0.638 bits per heavy atom. The quantitative estimate of drug-likeness (QED) is 0.0539. The van der Waals surface area contributed by atoms with E-state index in [-0.39, 0.29) is 52.9 Å². The third-order valence-corrected chi connectivity index (χ3v) is 12.0. The monoisotopic (exact) mass is 938 g/mol. The van der Waals surface area contributed by atoms with Crippen LogP contribution in [0.3, 0.4) is 0 Å². The Kier molecular flexibility index (Phi) is 19.0. The fourth-order valence-electron chi connectivity index (χ4n) is 8.47. The summed E-state index contributed by atoms with van der Waals surface area (Å²) in [4.78, 5) is 12.4. The summed E-state index contributed by atoms with van der Waals surface area (Å²) < 4.78 is 73.2. The second-order valence-electron chi connectivity index (χ2n) is 17.0. The molecule has 12 heteroatoms. The second-order valence-corrected chi connectivity index (χ2v) is 17.0. The van der Waals surface area contributed by atoms with Crippen LogP contribution in [0, 0.1) is 0 Å². The summed E-state index contributed by atoms with van der Waals surface area (Å²) in [5.41, 5.74) is 5.77. The van der Waals surface area contributed by atoms with Crippen LogP contribution in [0.5, 0.6) is 0 Å². The van der Waals surface area contributed by atoms with Gasteiger partial charge in [-0.15, -0.1) is 0 Å². The van der Waals surface area contributed by atoms with Crippen molar-refractivity contribution in [2.24, 2.45) is 0 Å². The number of ether oxygens (including phenoxy) is 11. The Morgan fingerprint density at radius 3 is 0.957 bits per heavy atom. The second kappa shape index (κ2) is 26.4. The molecule has 0 bridgehead atoms. The van der Waals surface area contributed by atoms with Gasteiger partial charge in [0.15, 0.2) is 12.6 Å². The minimum Gasteiger partial charge on any atom is -0.463 e. The molecule has 10 atom stereocenters. The van der Waals surface area contributed by atoms with Crippen molar-refractivity contribution in [2.75, 3.05) is 20.3 Å². The summed E-state index contributed by atoms with van der Waals surface area (Å²) in [5, 5.41) is 0. The van der Waals surface area contributed by atoms with Gasteiger partial charge < -0.3 is 52.1 Å². The molecular formula is C57H62O12. The summed E-state index contributed by atoms with van der Waals surface area (Å²) >= 11 is 0. The minimum absolute atomic E-state index is 0.0625. The molecule has 69 heavy (non-hydrogen) atoms. The third kappa shape index (κ3) is 14.7. The average Bonchev–Trinajstić information content (AvgIpc) is 3.40. The Labute approximate surface area is 405 Å². The normalized spacial score (nSPS) is 24.7. The van der Waals surface area contributed by atoms with Gasteiger partial charge in [-0.05, 0) is 33.4 Å². The summed E-state index contributed by atoms with van der Waals surface area (Å²) in [5.74, 6) is -0.465. The molecule has 0 aliphatic carbocycles. The van der Waals surface area contributed by atoms with Gasteiger partial charge in [-0.25, -0.2) is 0 Å². The molecular weight excluding hydrogens is 877 g/mol. The summed E-state index contributed by atoms with van der Waals surface area (Å²) in [7, 11) is 1.59. The van der Waals surface area contributed by atoms with Crippen LogP contribution in [-0.2, 0) is 96.5 Å². The zero-order chi connectivity index (χ0) is 47.5. The zero-order valence-corrected chi connectivity index (χ0v) is 39.1. The van der Waals surface area contributed by atoms with E-state index in [9.17, 15) is 4.79 Å². The fourth-order valence-corrected chi connectivity index (χ4v) is 8.47. The van der Waals surface area contributed by atoms with Gasteiger partial charge in [-0.1, -0.05) is 182 Å². The lowest BCUT2D eigenvalue weighted by Crippen LogP contribution is -2.64. The molecule has 0 unspecified atom stereocenters. The largest absolute Gasteiger partial charge is 0.463 e. The summed E-state index contributed by atoms with van der Waals surface area (Å²) in [6, 6.07) is 59.4. The predicted octanol–water partition coefficient (Wildman–Crippen LogP) is 9.17. The highest BCUT2D eigenvalue weighted by molar-refractivity contribution is 5.65. The van der Waals surface area contributed by atoms with Crippen molar-refractivity contribution in [3.05, 3.63) is 215 Å². The molecule has 0 amide bonds. The van der Waals surface area contributed by atoms with E-state index in [0.29, 0.717) is 0 Å². The van der Waals surface area contributed by atoms with E-state index in [4.69, 9.17) is 52.1 Å². The molecule has 0 spiro atoms. The van der Waals surface area contributed by atoms with Gasteiger partial charge >= 0.3 is 5.97 Å². The minimum atomic E-state index is -1.08. The summed E-state index contributed by atoms with van der Waals surface area (Å²) in [6.07, 6.45) is -8.13. The Morgan fingerprint density at radius 1 is 0.362 bits per heavy atom. The number of esters is 1. The molecule has 0 N–H and O–H groups in total. The maximum absolute atomic E-state index is 12.4. The molecule has 2 aliphatic heterocycles. The number of carbonyl (C=O) groups is 1. The van der Waals surface area contributed by atoms with Crippen LogP contribution < -0.4 is 0 Å². The van der Waals surface area contributed by atoms with Gasteiger partial charge in [0.25, 0.3) is 0 Å². The van der Waals surface area contributed by atoms with Crippen LogP contribution in [-0.4, -0.2) is 87.7 Å². The van der Waals surface area contributed by atoms with E-state index in [1.54, 1.807) is 7.11 Å². The van der Waals surface area contributed by atoms with Gasteiger partial charge in [-0.3, -0.25) is 4.79 Å². The number of methoxy groups -OCH3 is 1. The van der Waals surface area contributed by atoms with Gasteiger partial charge in [0.1, 0.15) is 55.4 Å². The molecule has 0 saturated carbocycles. The number of carbonyl (C=O) groups excluding carboxylic acids is 1. The molecule has 12 nitrogen and oxygen atoms in total. The highest BCUT2D eigenvalue weighted by Crippen LogP contribution is 2.35. The van der Waals surface area contributed by atoms with E-state index in [1.165, 1.54) is 6.92 Å². The van der Waals surface area contributed by atoms with Crippen LogP contribution >= 0.6 is 0 Å². The maximum Gasteiger partial charge on any atom is 0.302 e. The molecule has 0 radical (unpaired) electrons. The van der Waals surface area contributed by atoms with Crippen molar-refractivity contribution in [1.29, 1.82) is 0 Å². The van der Waals surface area contributed by atoms with Crippen LogP contribution in [0.4, 0.5) is 0 Å². The number of benzene rings is 6. The van der Waals surface area contributed by atoms with Crippen molar-refractivity contribution >= 4 is 5.97 Å². The molecule has 8 rings (SSSR count). The molecule has 362 valence electrons. The molecule has 0 aromatic heterocycles. The van der Waals surface area contributed by atoms with Crippen LogP contribution in [0.15, 0.2) is 182 Å². The van der Waals surface area contributed by atoms with E-state index < -0.39 is 67.4 Å². The zero-order valence-electron chi connectivity index (χ0n) is 39.1. The van der Waals surface area contributed by atoms with Crippen LogP contribution in [0.25, 0.3) is 0 Å². The van der Waals surface area contributed by atoms with E-state index in [0.717, 1.165) is 33.4 Å². The number of rotatable bonds is 24. The lowest BCUT2D eigenvalue weighted by Gasteiger charge is -2.47. The van der Waals surface area contributed by atoms with Gasteiger partial charge in [-0.2, -0.15) is 0 Å². The van der Waals surface area contributed by atoms with Crippen LogP contribution in [0.2, 0.25) is 0 Å². The number of hydrogen-bond donors (Lipinski definition) is 0. The van der Waals surface area contributed by atoms with Gasteiger partial charge in [0.2, 0.25) is 0 Å². The number of hydrogen-bond acceptors (Lipinski definition) is 12. The first-order valence-corrected chi connectivity index (χ1v) is 23.5.